The molecular formula is C9H10N2O3. The number of carboxylic acid groups (broad SMARTS) is 1. The number of amides is 2. The number of carbonyl (C=O) groups excluding carboxylic acids is 1. The van der Waals surface area contributed by atoms with Gasteiger partial charge in [-0.1, -0.05) is 6.07 Å². The molecule has 0 saturated carbocycles. The maximum absolute atomic E-state index is 10.3. The van der Waals surface area contributed by atoms with Gasteiger partial charge in [0.15, 0.2) is 0 Å². The number of hydrogen-bond acceptors (Lipinski definition) is 2. The Morgan fingerprint density at radius 3 is 2.79 bits per heavy atom. The zero-order valence-electron chi connectivity index (χ0n) is 7.57. The molecule has 0 aliphatic rings. The number of aryl methyl sites for hydroxylation is 1. The Kier molecular flexibility index (Phi) is 3.06. The lowest BCUT2D eigenvalue weighted by molar-refractivity contribution is -0.105. The van der Waals surface area contributed by atoms with Crippen LogP contribution in [0.25, 0.3) is 0 Å². The molecule has 0 bridgehead atoms. The zero-order valence-corrected chi connectivity index (χ0v) is 7.57. The minimum absolute atomic E-state index is 0.424. The van der Waals surface area contributed by atoms with Gasteiger partial charge in [-0.05, 0) is 24.6 Å². The number of carbonyl (C=O) groups is 2. The number of rotatable bonds is 3. The molecule has 0 aliphatic heterocycles. The lowest BCUT2D eigenvalue weighted by Gasteiger charge is -2.06. The summed E-state index contributed by atoms with van der Waals surface area (Å²) in [7, 11) is 0. The van der Waals surface area contributed by atoms with Crippen molar-refractivity contribution in [3.8, 4) is 0 Å². The van der Waals surface area contributed by atoms with E-state index < -0.39 is 6.09 Å². The molecule has 0 atom stereocenters. The van der Waals surface area contributed by atoms with Crippen molar-refractivity contribution in [1.82, 2.24) is 0 Å². The van der Waals surface area contributed by atoms with Crippen molar-refractivity contribution in [2.75, 3.05) is 10.6 Å². The first-order chi connectivity index (χ1) is 6.63. The predicted molar refractivity (Wildman–Crippen MR) is 52.5 cm³/mol. The Balaban J connectivity index is 2.93. The fraction of sp³-hybridized carbons (Fsp3) is 0.111. The van der Waals surface area contributed by atoms with Gasteiger partial charge in [0.05, 0.1) is 0 Å². The van der Waals surface area contributed by atoms with Gasteiger partial charge >= 0.3 is 6.09 Å². The molecule has 74 valence electrons. The highest BCUT2D eigenvalue weighted by Crippen LogP contribution is 2.19. The van der Waals surface area contributed by atoms with Gasteiger partial charge in [0.25, 0.3) is 0 Å². The summed E-state index contributed by atoms with van der Waals surface area (Å²) in [5, 5.41) is 13.1. The van der Waals surface area contributed by atoms with Crippen LogP contribution in [-0.2, 0) is 4.79 Å². The number of hydrogen-bond donors (Lipinski definition) is 3. The maximum Gasteiger partial charge on any atom is 0.409 e. The normalized spacial score (nSPS) is 9.21. The van der Waals surface area contributed by atoms with E-state index in [0.29, 0.717) is 17.8 Å². The second-order valence-corrected chi connectivity index (χ2v) is 2.72. The molecule has 0 aromatic heterocycles. The molecule has 1 aromatic rings. The summed E-state index contributed by atoms with van der Waals surface area (Å²) >= 11 is 0. The lowest BCUT2D eigenvalue weighted by Crippen LogP contribution is -2.07. The van der Waals surface area contributed by atoms with Gasteiger partial charge in [0, 0.05) is 11.4 Å². The van der Waals surface area contributed by atoms with E-state index in [0.717, 1.165) is 5.56 Å². The van der Waals surface area contributed by atoms with E-state index in [-0.39, 0.29) is 0 Å². The van der Waals surface area contributed by atoms with E-state index in [9.17, 15) is 9.59 Å². The molecule has 1 aromatic carbocycles. The van der Waals surface area contributed by atoms with Crippen molar-refractivity contribution >= 4 is 23.9 Å². The Morgan fingerprint density at radius 1 is 1.50 bits per heavy atom. The molecule has 1 rings (SSSR count). The SMILES string of the molecule is Cc1ccc(NC(=O)O)cc1NC=O. The Morgan fingerprint density at radius 2 is 2.21 bits per heavy atom. The van der Waals surface area contributed by atoms with Gasteiger partial charge in [-0.25, -0.2) is 4.79 Å². The molecule has 0 radical (unpaired) electrons. The van der Waals surface area contributed by atoms with Gasteiger partial charge in [0.1, 0.15) is 0 Å². The average Bonchev–Trinajstić information content (AvgIpc) is 2.10. The van der Waals surface area contributed by atoms with E-state index in [1.165, 1.54) is 0 Å². The van der Waals surface area contributed by atoms with Crippen LogP contribution in [0.4, 0.5) is 16.2 Å². The molecule has 5 nitrogen and oxygen atoms in total. The summed E-state index contributed by atoms with van der Waals surface area (Å²) in [5.74, 6) is 0. The highest BCUT2D eigenvalue weighted by molar-refractivity contribution is 5.85. The van der Waals surface area contributed by atoms with E-state index in [2.05, 4.69) is 10.6 Å². The third-order valence-electron chi connectivity index (χ3n) is 1.70. The minimum Gasteiger partial charge on any atom is -0.465 e. The molecule has 0 saturated heterocycles. The van der Waals surface area contributed by atoms with Gasteiger partial charge in [-0.3, -0.25) is 10.1 Å². The third-order valence-corrected chi connectivity index (χ3v) is 1.70. The predicted octanol–water partition coefficient (Wildman–Crippen LogP) is 1.65. The summed E-state index contributed by atoms with van der Waals surface area (Å²) < 4.78 is 0. The van der Waals surface area contributed by atoms with Crippen molar-refractivity contribution in [3.05, 3.63) is 23.8 Å². The second kappa shape index (κ2) is 4.27. The third kappa shape index (κ3) is 2.48. The van der Waals surface area contributed by atoms with Crippen LogP contribution in [0.5, 0.6) is 0 Å². The van der Waals surface area contributed by atoms with Crippen LogP contribution in [0.2, 0.25) is 0 Å². The van der Waals surface area contributed by atoms with Crippen molar-refractivity contribution in [3.63, 3.8) is 0 Å². The lowest BCUT2D eigenvalue weighted by atomic mass is 10.2. The minimum atomic E-state index is -1.13. The maximum atomic E-state index is 10.3. The van der Waals surface area contributed by atoms with Crippen molar-refractivity contribution in [2.45, 2.75) is 6.92 Å². The van der Waals surface area contributed by atoms with Gasteiger partial charge in [-0.2, -0.15) is 0 Å². The first kappa shape index (κ1) is 10.0. The molecule has 0 aliphatic carbocycles. The Bertz CT molecular complexity index is 363. The second-order valence-electron chi connectivity index (χ2n) is 2.72. The van der Waals surface area contributed by atoms with E-state index >= 15 is 0 Å². The highest BCUT2D eigenvalue weighted by Gasteiger charge is 2.01. The molecular weight excluding hydrogens is 184 g/mol. The molecule has 3 N–H and O–H groups in total. The van der Waals surface area contributed by atoms with Crippen LogP contribution in [-0.4, -0.2) is 17.6 Å². The monoisotopic (exact) mass is 194 g/mol. The van der Waals surface area contributed by atoms with Gasteiger partial charge < -0.3 is 10.4 Å². The number of benzene rings is 1. The molecule has 5 heteroatoms. The van der Waals surface area contributed by atoms with E-state index in [1.54, 1.807) is 18.2 Å². The van der Waals surface area contributed by atoms with Crippen molar-refractivity contribution in [1.29, 1.82) is 0 Å². The topological polar surface area (TPSA) is 78.4 Å². The van der Waals surface area contributed by atoms with E-state index in [4.69, 9.17) is 5.11 Å². The molecule has 0 spiro atoms. The Labute approximate surface area is 80.7 Å². The van der Waals surface area contributed by atoms with Crippen LogP contribution in [0.1, 0.15) is 5.56 Å². The van der Waals surface area contributed by atoms with Crippen molar-refractivity contribution < 1.29 is 14.7 Å². The fourth-order valence-electron chi connectivity index (χ4n) is 1.04. The molecule has 0 fully saturated rings. The van der Waals surface area contributed by atoms with Crippen LogP contribution in [0.3, 0.4) is 0 Å². The van der Waals surface area contributed by atoms with Gasteiger partial charge in [0.2, 0.25) is 6.41 Å². The quantitative estimate of drug-likeness (QED) is 0.640. The van der Waals surface area contributed by atoms with Crippen LogP contribution in [0, 0.1) is 6.92 Å². The summed E-state index contributed by atoms with van der Waals surface area (Å²) in [6.45, 7) is 1.82. The van der Waals surface area contributed by atoms with Gasteiger partial charge in [-0.15, -0.1) is 0 Å². The van der Waals surface area contributed by atoms with Crippen LogP contribution in [0.15, 0.2) is 18.2 Å². The largest absolute Gasteiger partial charge is 0.465 e. The Hall–Kier alpha value is -2.04. The smallest absolute Gasteiger partial charge is 0.409 e. The first-order valence-electron chi connectivity index (χ1n) is 3.94. The first-order valence-corrected chi connectivity index (χ1v) is 3.94. The summed E-state index contributed by atoms with van der Waals surface area (Å²) in [5.41, 5.74) is 1.88. The summed E-state index contributed by atoms with van der Waals surface area (Å²) in [6.07, 6.45) is -0.585. The van der Waals surface area contributed by atoms with Crippen molar-refractivity contribution in [2.24, 2.45) is 0 Å². The number of nitrogens with one attached hydrogen (secondary N) is 2. The molecule has 2 amide bonds. The van der Waals surface area contributed by atoms with E-state index in [1.807, 2.05) is 6.92 Å². The summed E-state index contributed by atoms with van der Waals surface area (Å²) in [4.78, 5) is 20.5. The molecule has 0 unspecified atom stereocenters. The standard InChI is InChI=1S/C9H10N2O3/c1-6-2-3-7(11-9(13)14)4-8(6)10-5-12/h2-5,11H,1H3,(H,10,12)(H,13,14). The molecule has 0 heterocycles. The van der Waals surface area contributed by atoms with Crippen LogP contribution < -0.4 is 10.6 Å². The zero-order chi connectivity index (χ0) is 10.6. The summed E-state index contributed by atoms with van der Waals surface area (Å²) in [6, 6.07) is 4.90. The van der Waals surface area contributed by atoms with Crippen LogP contribution >= 0.6 is 0 Å². The molecule has 14 heavy (non-hydrogen) atoms. The highest BCUT2D eigenvalue weighted by atomic mass is 16.4. The fourth-order valence-corrected chi connectivity index (χ4v) is 1.04. The number of anilines is 2. The average molecular weight is 194 g/mol.